The molecule has 182 valence electrons. The monoisotopic (exact) mass is 475 g/mol. The van der Waals surface area contributed by atoms with Crippen LogP contribution in [0.3, 0.4) is 0 Å². The van der Waals surface area contributed by atoms with Crippen molar-refractivity contribution in [1.82, 2.24) is 5.32 Å². The van der Waals surface area contributed by atoms with E-state index in [0.717, 1.165) is 16.7 Å². The van der Waals surface area contributed by atoms with Crippen LogP contribution in [-0.2, 0) is 48.4 Å². The van der Waals surface area contributed by atoms with Gasteiger partial charge in [0.05, 0.1) is 6.54 Å². The van der Waals surface area contributed by atoms with Crippen molar-refractivity contribution in [3.63, 3.8) is 0 Å². The zero-order valence-electron chi connectivity index (χ0n) is 19.4. The highest BCUT2D eigenvalue weighted by atomic mass is 16.5. The van der Waals surface area contributed by atoms with Gasteiger partial charge < -0.3 is 14.2 Å². The number of esters is 3. The number of carbonyl (C=O) groups is 3. The summed E-state index contributed by atoms with van der Waals surface area (Å²) < 4.78 is 16.0. The van der Waals surface area contributed by atoms with Gasteiger partial charge in [0.1, 0.15) is 25.9 Å². The Morgan fingerprint density at radius 1 is 0.600 bits per heavy atom. The van der Waals surface area contributed by atoms with Crippen molar-refractivity contribution in [2.75, 3.05) is 6.54 Å². The van der Waals surface area contributed by atoms with E-state index in [4.69, 9.17) is 14.2 Å². The molecule has 0 bridgehead atoms. The van der Waals surface area contributed by atoms with Crippen LogP contribution in [-0.4, -0.2) is 30.5 Å². The van der Waals surface area contributed by atoms with E-state index in [-0.39, 0.29) is 39.2 Å². The molecule has 0 saturated carbocycles. The molecule has 0 aliphatic heterocycles. The van der Waals surface area contributed by atoms with Gasteiger partial charge >= 0.3 is 17.9 Å². The third-order valence-electron chi connectivity index (χ3n) is 5.12. The first-order valence-electron chi connectivity index (χ1n) is 11.4. The molecule has 0 amide bonds. The largest absolute Gasteiger partial charge is 0.461 e. The van der Waals surface area contributed by atoms with E-state index in [1.807, 2.05) is 91.0 Å². The Balaban J connectivity index is 1.49. The fourth-order valence-corrected chi connectivity index (χ4v) is 3.20. The maximum atomic E-state index is 12.7. The number of carbonyl (C=O) groups excluding carboxylic acids is 3. The molecular weight excluding hydrogens is 446 g/mol. The Morgan fingerprint density at radius 2 is 1.03 bits per heavy atom. The van der Waals surface area contributed by atoms with Crippen LogP contribution in [0.1, 0.15) is 29.5 Å². The van der Waals surface area contributed by atoms with Crippen molar-refractivity contribution in [3.05, 3.63) is 108 Å². The van der Waals surface area contributed by atoms with Crippen molar-refractivity contribution in [2.45, 2.75) is 38.7 Å². The lowest BCUT2D eigenvalue weighted by Gasteiger charge is -2.17. The maximum absolute atomic E-state index is 12.7. The summed E-state index contributed by atoms with van der Waals surface area (Å²) >= 11 is 0. The Morgan fingerprint density at radius 3 is 1.51 bits per heavy atom. The molecule has 7 heteroatoms. The highest BCUT2D eigenvalue weighted by Gasteiger charge is 2.23. The minimum Gasteiger partial charge on any atom is -0.461 e. The number of ether oxygens (including phenoxy) is 3. The molecule has 0 radical (unpaired) electrons. The van der Waals surface area contributed by atoms with E-state index in [9.17, 15) is 14.4 Å². The third-order valence-corrected chi connectivity index (χ3v) is 5.12. The second-order valence-electron chi connectivity index (χ2n) is 7.86. The molecule has 0 spiro atoms. The Labute approximate surface area is 205 Å². The van der Waals surface area contributed by atoms with Crippen molar-refractivity contribution in [3.8, 4) is 0 Å². The van der Waals surface area contributed by atoms with Gasteiger partial charge in [0, 0.05) is 6.42 Å². The SMILES string of the molecule is O=C(CCC(NCC(=O)OCc1ccccc1)C(=O)OCc1ccccc1)OCc1ccccc1. The lowest BCUT2D eigenvalue weighted by atomic mass is 10.1. The summed E-state index contributed by atoms with van der Waals surface area (Å²) in [6.45, 7) is 0.185. The van der Waals surface area contributed by atoms with Crippen LogP contribution in [0.25, 0.3) is 0 Å². The molecule has 0 saturated heterocycles. The first kappa shape index (κ1) is 25.6. The normalized spacial score (nSPS) is 11.3. The van der Waals surface area contributed by atoms with Gasteiger partial charge in [-0.25, -0.2) is 0 Å². The van der Waals surface area contributed by atoms with Gasteiger partial charge in [0.2, 0.25) is 0 Å². The van der Waals surface area contributed by atoms with Gasteiger partial charge in [-0.3, -0.25) is 19.7 Å². The van der Waals surface area contributed by atoms with Crippen LogP contribution in [0.2, 0.25) is 0 Å². The Hall–Kier alpha value is -3.97. The van der Waals surface area contributed by atoms with Crippen molar-refractivity contribution >= 4 is 17.9 Å². The predicted octanol–water partition coefficient (Wildman–Crippen LogP) is 3.96. The lowest BCUT2D eigenvalue weighted by molar-refractivity contribution is -0.149. The lowest BCUT2D eigenvalue weighted by Crippen LogP contribution is -2.41. The zero-order valence-corrected chi connectivity index (χ0v) is 19.4. The minimum atomic E-state index is -0.868. The molecule has 0 aliphatic rings. The van der Waals surface area contributed by atoms with Crippen LogP contribution in [0.4, 0.5) is 0 Å². The molecule has 1 atom stereocenters. The van der Waals surface area contributed by atoms with Gasteiger partial charge in [0.15, 0.2) is 0 Å². The van der Waals surface area contributed by atoms with Gasteiger partial charge in [-0.05, 0) is 23.1 Å². The van der Waals surface area contributed by atoms with E-state index >= 15 is 0 Å². The number of rotatable bonds is 13. The second kappa shape index (κ2) is 14.3. The summed E-state index contributed by atoms with van der Waals surface area (Å²) in [5.74, 6) is -1.51. The summed E-state index contributed by atoms with van der Waals surface area (Å²) in [5.41, 5.74) is 2.57. The number of hydrogen-bond acceptors (Lipinski definition) is 7. The average molecular weight is 476 g/mol. The van der Waals surface area contributed by atoms with E-state index in [0.29, 0.717) is 0 Å². The topological polar surface area (TPSA) is 90.9 Å². The van der Waals surface area contributed by atoms with Gasteiger partial charge in [-0.1, -0.05) is 91.0 Å². The molecule has 3 aromatic rings. The second-order valence-corrected chi connectivity index (χ2v) is 7.86. The molecule has 3 aromatic carbocycles. The van der Waals surface area contributed by atoms with Crippen LogP contribution in [0.5, 0.6) is 0 Å². The molecule has 1 unspecified atom stereocenters. The summed E-state index contributed by atoms with van der Waals surface area (Å²) in [4.78, 5) is 37.1. The van der Waals surface area contributed by atoms with Crippen molar-refractivity contribution in [1.29, 1.82) is 0 Å². The van der Waals surface area contributed by atoms with Crippen molar-refractivity contribution in [2.24, 2.45) is 0 Å². The fraction of sp³-hybridized carbons (Fsp3) is 0.250. The first-order chi connectivity index (χ1) is 17.1. The molecule has 0 aliphatic carbocycles. The highest BCUT2D eigenvalue weighted by molar-refractivity contribution is 5.79. The van der Waals surface area contributed by atoms with Crippen LogP contribution in [0, 0.1) is 0 Å². The summed E-state index contributed by atoms with van der Waals surface area (Å²) in [6, 6.07) is 27.0. The molecule has 1 N–H and O–H groups in total. The smallest absolute Gasteiger partial charge is 0.323 e. The zero-order chi connectivity index (χ0) is 24.7. The van der Waals surface area contributed by atoms with Gasteiger partial charge in [-0.2, -0.15) is 0 Å². The van der Waals surface area contributed by atoms with Gasteiger partial charge in [0.25, 0.3) is 0 Å². The van der Waals surface area contributed by atoms with Crippen LogP contribution >= 0.6 is 0 Å². The standard InChI is InChI=1S/C28H29NO6/c30-26(33-19-22-10-4-1-5-11-22)17-16-25(28(32)35-21-24-14-8-3-9-15-24)29-18-27(31)34-20-23-12-6-2-7-13-23/h1-15,25,29H,16-21H2. The number of hydrogen-bond donors (Lipinski definition) is 1. The predicted molar refractivity (Wildman–Crippen MR) is 130 cm³/mol. The Kier molecular flexibility index (Phi) is 10.5. The average Bonchev–Trinajstić information content (AvgIpc) is 2.91. The molecule has 0 fully saturated rings. The summed E-state index contributed by atoms with van der Waals surface area (Å²) in [5, 5.41) is 2.86. The molecule has 35 heavy (non-hydrogen) atoms. The molecular formula is C28H29NO6. The highest BCUT2D eigenvalue weighted by Crippen LogP contribution is 2.08. The molecule has 0 aromatic heterocycles. The quantitative estimate of drug-likeness (QED) is 0.296. The number of nitrogens with one attached hydrogen (secondary N) is 1. The Bertz CT molecular complexity index is 997. The number of benzene rings is 3. The molecule has 0 heterocycles. The van der Waals surface area contributed by atoms with Crippen LogP contribution in [0.15, 0.2) is 91.0 Å². The molecule has 7 nitrogen and oxygen atoms in total. The van der Waals surface area contributed by atoms with E-state index in [1.165, 1.54) is 0 Å². The third kappa shape index (κ3) is 9.81. The van der Waals surface area contributed by atoms with Crippen molar-refractivity contribution < 1.29 is 28.6 Å². The van der Waals surface area contributed by atoms with E-state index < -0.39 is 23.9 Å². The molecule has 3 rings (SSSR count). The fourth-order valence-electron chi connectivity index (χ4n) is 3.20. The first-order valence-corrected chi connectivity index (χ1v) is 11.4. The summed E-state index contributed by atoms with van der Waals surface area (Å²) in [7, 11) is 0. The summed E-state index contributed by atoms with van der Waals surface area (Å²) in [6.07, 6.45) is 0.108. The minimum absolute atomic E-state index is 0.00992. The van der Waals surface area contributed by atoms with Crippen LogP contribution < -0.4 is 5.32 Å². The van der Waals surface area contributed by atoms with Gasteiger partial charge in [-0.15, -0.1) is 0 Å². The maximum Gasteiger partial charge on any atom is 0.323 e. The van der Waals surface area contributed by atoms with E-state index in [1.54, 1.807) is 0 Å². The van der Waals surface area contributed by atoms with E-state index in [2.05, 4.69) is 5.32 Å².